The highest BCUT2D eigenvalue weighted by Crippen LogP contribution is 2.04. The minimum atomic E-state index is 0.262. The molecule has 0 aliphatic heterocycles. The van der Waals surface area contributed by atoms with Crippen molar-refractivity contribution >= 4 is 0 Å². The third-order valence-electron chi connectivity index (χ3n) is 1.68. The summed E-state index contributed by atoms with van der Waals surface area (Å²) in [6, 6.07) is 8.78. The zero-order chi connectivity index (χ0) is 8.27. The van der Waals surface area contributed by atoms with Crippen LogP contribution in [0, 0.1) is 6.92 Å². The van der Waals surface area contributed by atoms with Gasteiger partial charge in [0.1, 0.15) is 0 Å². The van der Waals surface area contributed by atoms with Crippen LogP contribution in [0.3, 0.4) is 0 Å². The van der Waals surface area contributed by atoms with E-state index in [-0.39, 0.29) is 6.04 Å². The quantitative estimate of drug-likeness (QED) is 0.684. The Labute approximate surface area is 68.2 Å². The van der Waals surface area contributed by atoms with Crippen molar-refractivity contribution in [2.24, 2.45) is 5.73 Å². The lowest BCUT2D eigenvalue weighted by Crippen LogP contribution is -2.17. The molecule has 2 N–H and O–H groups in total. The van der Waals surface area contributed by atoms with Crippen molar-refractivity contribution < 1.29 is 0 Å². The van der Waals surface area contributed by atoms with E-state index >= 15 is 0 Å². The fraction of sp³-hybridized carbons (Fsp3) is 0.400. The number of rotatable bonds is 2. The monoisotopic (exact) mass is 150 g/mol. The van der Waals surface area contributed by atoms with Crippen LogP contribution in [0.15, 0.2) is 24.3 Å². The standard InChI is InChI=1S/C10H15N/c1-8-3-5-10(6-4-8)7-9(2)11/h3-6,9H,7,11H2,1-2H3/i5+1. The molecule has 0 spiro atoms. The van der Waals surface area contributed by atoms with Gasteiger partial charge < -0.3 is 5.73 Å². The van der Waals surface area contributed by atoms with Gasteiger partial charge in [0.25, 0.3) is 0 Å². The Morgan fingerprint density at radius 2 is 1.82 bits per heavy atom. The molecule has 1 nitrogen and oxygen atoms in total. The number of nitrogens with two attached hydrogens (primary N) is 1. The average molecular weight is 150 g/mol. The maximum absolute atomic E-state index is 5.66. The van der Waals surface area contributed by atoms with Crippen molar-refractivity contribution in [1.29, 1.82) is 0 Å². The second-order valence-corrected chi connectivity index (χ2v) is 3.17. The Hall–Kier alpha value is -0.820. The summed E-state index contributed by atoms with van der Waals surface area (Å²) in [5.74, 6) is 0. The molecule has 0 aliphatic carbocycles. The van der Waals surface area contributed by atoms with Crippen molar-refractivity contribution in [3.63, 3.8) is 0 Å². The number of hydrogen-bond donors (Lipinski definition) is 1. The van der Waals surface area contributed by atoms with Gasteiger partial charge in [0.05, 0.1) is 0 Å². The summed E-state index contributed by atoms with van der Waals surface area (Å²) >= 11 is 0. The predicted octanol–water partition coefficient (Wildman–Crippen LogP) is 1.88. The molecule has 0 aromatic heterocycles. The van der Waals surface area contributed by atoms with Gasteiger partial charge in [0, 0.05) is 6.04 Å². The van der Waals surface area contributed by atoms with Crippen LogP contribution < -0.4 is 5.73 Å². The molecule has 1 atom stereocenters. The van der Waals surface area contributed by atoms with Gasteiger partial charge in [-0.2, -0.15) is 0 Å². The lowest BCUT2D eigenvalue weighted by molar-refractivity contribution is 0.738. The summed E-state index contributed by atoms with van der Waals surface area (Å²) in [5.41, 5.74) is 8.29. The van der Waals surface area contributed by atoms with Crippen LogP contribution in [-0.2, 0) is 6.42 Å². The van der Waals surface area contributed by atoms with E-state index in [1.807, 2.05) is 6.92 Å². The highest BCUT2D eigenvalue weighted by Gasteiger charge is 1.95. The molecule has 1 unspecified atom stereocenters. The van der Waals surface area contributed by atoms with E-state index in [2.05, 4.69) is 31.2 Å². The molecule has 1 heteroatoms. The van der Waals surface area contributed by atoms with E-state index in [9.17, 15) is 0 Å². The zero-order valence-electron chi connectivity index (χ0n) is 7.17. The minimum Gasteiger partial charge on any atom is -0.328 e. The van der Waals surface area contributed by atoms with E-state index in [4.69, 9.17) is 5.73 Å². The topological polar surface area (TPSA) is 26.0 Å². The largest absolute Gasteiger partial charge is 0.328 e. The first-order valence-electron chi connectivity index (χ1n) is 3.99. The van der Waals surface area contributed by atoms with Crippen molar-refractivity contribution in [3.8, 4) is 0 Å². The molecule has 0 fully saturated rings. The first kappa shape index (κ1) is 8.28. The predicted molar refractivity (Wildman–Crippen MR) is 48.5 cm³/mol. The average Bonchev–Trinajstić information content (AvgIpc) is 1.93. The zero-order valence-corrected chi connectivity index (χ0v) is 7.17. The third-order valence-corrected chi connectivity index (χ3v) is 1.68. The van der Waals surface area contributed by atoms with E-state index in [1.54, 1.807) is 0 Å². The highest BCUT2D eigenvalue weighted by atomic mass is 14.6. The molecule has 11 heavy (non-hydrogen) atoms. The molecular formula is C10H15N. The molecule has 60 valence electrons. The Morgan fingerprint density at radius 3 is 2.27 bits per heavy atom. The summed E-state index contributed by atoms with van der Waals surface area (Å²) in [6.45, 7) is 4.12. The second kappa shape index (κ2) is 3.54. The third kappa shape index (κ3) is 2.72. The molecule has 1 aromatic rings. The molecule has 0 saturated carbocycles. The van der Waals surface area contributed by atoms with Crippen LogP contribution in [0.2, 0.25) is 0 Å². The first-order chi connectivity index (χ1) is 5.18. The maximum Gasteiger partial charge on any atom is 0.00509 e. The summed E-state index contributed by atoms with van der Waals surface area (Å²) in [5, 5.41) is 0. The lowest BCUT2D eigenvalue weighted by atomic mass is 10.1. The Bertz CT molecular complexity index is 211. The molecule has 1 rings (SSSR count). The molecular weight excluding hydrogens is 135 g/mol. The SMILES string of the molecule is Cc1ccc(CC(C)N)[13cH]c1. The Kier molecular flexibility index (Phi) is 2.66. The lowest BCUT2D eigenvalue weighted by Gasteiger charge is -2.04. The Morgan fingerprint density at radius 1 is 1.27 bits per heavy atom. The summed E-state index contributed by atoms with van der Waals surface area (Å²) in [6.07, 6.45) is 0.972. The van der Waals surface area contributed by atoms with Gasteiger partial charge in [-0.3, -0.25) is 0 Å². The van der Waals surface area contributed by atoms with E-state index in [0.29, 0.717) is 0 Å². The van der Waals surface area contributed by atoms with Crippen molar-refractivity contribution in [1.82, 2.24) is 0 Å². The second-order valence-electron chi connectivity index (χ2n) is 3.17. The molecule has 1 aromatic carbocycles. The molecule has 0 aliphatic rings. The van der Waals surface area contributed by atoms with Crippen LogP contribution in [0.4, 0.5) is 0 Å². The fourth-order valence-corrected chi connectivity index (χ4v) is 1.10. The van der Waals surface area contributed by atoms with Crippen LogP contribution in [0.1, 0.15) is 18.1 Å². The molecule has 0 heterocycles. The smallest absolute Gasteiger partial charge is 0.00509 e. The van der Waals surface area contributed by atoms with Crippen molar-refractivity contribution in [3.05, 3.63) is 35.4 Å². The van der Waals surface area contributed by atoms with Crippen LogP contribution in [0.5, 0.6) is 0 Å². The van der Waals surface area contributed by atoms with Gasteiger partial charge in [-0.1, -0.05) is 29.8 Å². The molecule has 0 radical (unpaired) electrons. The minimum absolute atomic E-state index is 0.262. The highest BCUT2D eigenvalue weighted by molar-refractivity contribution is 5.21. The van der Waals surface area contributed by atoms with Crippen molar-refractivity contribution in [2.45, 2.75) is 26.3 Å². The van der Waals surface area contributed by atoms with Gasteiger partial charge in [0.15, 0.2) is 0 Å². The van der Waals surface area contributed by atoms with Gasteiger partial charge in [-0.05, 0) is 25.8 Å². The fourth-order valence-electron chi connectivity index (χ4n) is 1.10. The van der Waals surface area contributed by atoms with Gasteiger partial charge >= 0.3 is 0 Å². The van der Waals surface area contributed by atoms with Crippen LogP contribution in [0.25, 0.3) is 0 Å². The number of benzene rings is 1. The van der Waals surface area contributed by atoms with E-state index < -0.39 is 0 Å². The number of hydrogen-bond acceptors (Lipinski definition) is 1. The summed E-state index contributed by atoms with van der Waals surface area (Å²) in [7, 11) is 0. The summed E-state index contributed by atoms with van der Waals surface area (Å²) in [4.78, 5) is 0. The molecule has 0 amide bonds. The maximum atomic E-state index is 5.66. The molecule has 0 saturated heterocycles. The van der Waals surface area contributed by atoms with Gasteiger partial charge in [-0.25, -0.2) is 0 Å². The van der Waals surface area contributed by atoms with E-state index in [0.717, 1.165) is 6.42 Å². The van der Waals surface area contributed by atoms with E-state index in [1.165, 1.54) is 11.1 Å². The first-order valence-corrected chi connectivity index (χ1v) is 3.99. The van der Waals surface area contributed by atoms with Gasteiger partial charge in [-0.15, -0.1) is 0 Å². The molecule has 0 bridgehead atoms. The van der Waals surface area contributed by atoms with Crippen LogP contribution >= 0.6 is 0 Å². The van der Waals surface area contributed by atoms with Gasteiger partial charge in [0.2, 0.25) is 0 Å². The summed E-state index contributed by atoms with van der Waals surface area (Å²) < 4.78 is 0. The normalized spacial score (nSPS) is 13.0. The van der Waals surface area contributed by atoms with Crippen LogP contribution in [-0.4, -0.2) is 6.04 Å². The van der Waals surface area contributed by atoms with Crippen molar-refractivity contribution in [2.75, 3.05) is 0 Å². The number of aryl methyl sites for hydroxylation is 1. The Balaban J connectivity index is 2.66.